The molecule has 3 N–H and O–H groups in total. The van der Waals surface area contributed by atoms with Gasteiger partial charge in [-0.15, -0.1) is 0 Å². The Kier molecular flexibility index (Phi) is 5.14. The van der Waals surface area contributed by atoms with E-state index in [-0.39, 0.29) is 5.91 Å². The number of nitrogens with two attached hydrogens (primary N) is 1. The van der Waals surface area contributed by atoms with Crippen LogP contribution in [0, 0.1) is 0 Å². The van der Waals surface area contributed by atoms with Gasteiger partial charge in [0.05, 0.1) is 24.5 Å². The van der Waals surface area contributed by atoms with Crippen LogP contribution in [0.15, 0.2) is 57.7 Å². The highest BCUT2D eigenvalue weighted by atomic mass is 16.5. The van der Waals surface area contributed by atoms with Gasteiger partial charge >= 0.3 is 5.63 Å². The number of carbonyl (C=O) groups is 1. The first-order valence-electron chi connectivity index (χ1n) is 8.42. The predicted molar refractivity (Wildman–Crippen MR) is 106 cm³/mol. The molecule has 0 saturated carbocycles. The molecule has 0 aliphatic rings. The largest absolute Gasteiger partial charge is 0.495 e. The smallest absolute Gasteiger partial charge is 0.338 e. The fourth-order valence-corrected chi connectivity index (χ4v) is 2.76. The second kappa shape index (κ2) is 7.51. The molecule has 1 aromatic heterocycles. The van der Waals surface area contributed by atoms with Crippen molar-refractivity contribution in [2.75, 3.05) is 24.4 Å². The molecule has 7 heteroatoms. The number of methoxy groups -OCH3 is 1. The molecule has 1 atom stereocenters. The molecule has 0 radical (unpaired) electrons. The summed E-state index contributed by atoms with van der Waals surface area (Å²) in [6, 6.07) is 13.4. The SMILES string of the molecule is COc1ccc(N(C)c2cc(=O)oc3ccccc23)cc1NC(=O)[C@H](C)N. The third-order valence-electron chi connectivity index (χ3n) is 4.23. The molecule has 2 aromatic carbocycles. The highest BCUT2D eigenvalue weighted by molar-refractivity contribution is 5.97. The maximum absolute atomic E-state index is 12.0. The summed E-state index contributed by atoms with van der Waals surface area (Å²) >= 11 is 0. The first-order chi connectivity index (χ1) is 12.9. The number of fused-ring (bicyclic) bond motifs is 1. The van der Waals surface area contributed by atoms with Crippen LogP contribution in [0.2, 0.25) is 0 Å². The Hall–Kier alpha value is -3.32. The lowest BCUT2D eigenvalue weighted by Gasteiger charge is -2.22. The van der Waals surface area contributed by atoms with Crippen LogP contribution in [0.25, 0.3) is 11.0 Å². The average Bonchev–Trinajstić information content (AvgIpc) is 2.66. The summed E-state index contributed by atoms with van der Waals surface area (Å²) in [4.78, 5) is 25.8. The second-order valence-corrected chi connectivity index (χ2v) is 6.17. The van der Waals surface area contributed by atoms with E-state index in [0.717, 1.165) is 11.1 Å². The number of nitrogens with one attached hydrogen (secondary N) is 1. The van der Waals surface area contributed by atoms with E-state index < -0.39 is 11.7 Å². The van der Waals surface area contributed by atoms with Crippen LogP contribution in [0.5, 0.6) is 5.75 Å². The van der Waals surface area contributed by atoms with Gasteiger partial charge in [-0.05, 0) is 37.3 Å². The number of nitrogens with zero attached hydrogens (tertiary/aromatic N) is 1. The van der Waals surface area contributed by atoms with Crippen molar-refractivity contribution in [1.82, 2.24) is 0 Å². The molecule has 0 bridgehead atoms. The molecule has 3 aromatic rings. The van der Waals surface area contributed by atoms with Crippen molar-refractivity contribution in [3.8, 4) is 5.75 Å². The number of anilines is 3. The number of para-hydroxylation sites is 1. The summed E-state index contributed by atoms with van der Waals surface area (Å²) in [7, 11) is 3.36. The molecule has 27 heavy (non-hydrogen) atoms. The Labute approximate surface area is 156 Å². The molecule has 0 aliphatic heterocycles. The van der Waals surface area contributed by atoms with Gasteiger partial charge < -0.3 is 25.1 Å². The Morgan fingerprint density at radius 3 is 2.67 bits per heavy atom. The Bertz CT molecular complexity index is 1040. The molecular formula is C20H21N3O4. The Balaban J connectivity index is 2.06. The fraction of sp³-hybridized carbons (Fsp3) is 0.200. The van der Waals surface area contributed by atoms with Gasteiger partial charge in [-0.3, -0.25) is 4.79 Å². The zero-order valence-corrected chi connectivity index (χ0v) is 15.4. The number of amides is 1. The zero-order chi connectivity index (χ0) is 19.6. The van der Waals surface area contributed by atoms with Gasteiger partial charge in [-0.2, -0.15) is 0 Å². The van der Waals surface area contributed by atoms with Crippen molar-refractivity contribution >= 4 is 33.9 Å². The van der Waals surface area contributed by atoms with E-state index in [1.807, 2.05) is 36.2 Å². The van der Waals surface area contributed by atoms with Crippen LogP contribution in [0.1, 0.15) is 6.92 Å². The summed E-state index contributed by atoms with van der Waals surface area (Å²) in [6.45, 7) is 1.60. The third kappa shape index (κ3) is 3.78. The van der Waals surface area contributed by atoms with E-state index in [2.05, 4.69) is 5.32 Å². The third-order valence-corrected chi connectivity index (χ3v) is 4.23. The lowest BCUT2D eigenvalue weighted by molar-refractivity contribution is -0.117. The first-order valence-corrected chi connectivity index (χ1v) is 8.42. The predicted octanol–water partition coefficient (Wildman–Crippen LogP) is 2.86. The van der Waals surface area contributed by atoms with Crippen molar-refractivity contribution < 1.29 is 13.9 Å². The molecule has 1 amide bonds. The van der Waals surface area contributed by atoms with Gasteiger partial charge in [0.25, 0.3) is 0 Å². The lowest BCUT2D eigenvalue weighted by Crippen LogP contribution is -2.32. The number of hydrogen-bond donors (Lipinski definition) is 2. The molecule has 0 spiro atoms. The molecule has 0 unspecified atom stereocenters. The minimum atomic E-state index is -0.654. The maximum atomic E-state index is 12.0. The number of benzene rings is 2. The topological polar surface area (TPSA) is 97.8 Å². The minimum Gasteiger partial charge on any atom is -0.495 e. The van der Waals surface area contributed by atoms with Crippen molar-refractivity contribution in [2.45, 2.75) is 13.0 Å². The fourth-order valence-electron chi connectivity index (χ4n) is 2.76. The lowest BCUT2D eigenvalue weighted by atomic mass is 10.1. The van der Waals surface area contributed by atoms with E-state index in [1.54, 1.807) is 25.1 Å². The van der Waals surface area contributed by atoms with Gasteiger partial charge in [0.15, 0.2) is 0 Å². The van der Waals surface area contributed by atoms with Gasteiger partial charge in [-0.1, -0.05) is 12.1 Å². The molecule has 140 valence electrons. The van der Waals surface area contributed by atoms with Crippen molar-refractivity contribution in [3.63, 3.8) is 0 Å². The first kappa shape index (κ1) is 18.5. The summed E-state index contributed by atoms with van der Waals surface area (Å²) in [5.41, 5.74) is 7.65. The van der Waals surface area contributed by atoms with Crippen molar-refractivity contribution in [1.29, 1.82) is 0 Å². The van der Waals surface area contributed by atoms with Gasteiger partial charge in [0, 0.05) is 24.2 Å². The molecule has 3 rings (SSSR count). The molecule has 0 saturated heterocycles. The molecule has 0 aliphatic carbocycles. The highest BCUT2D eigenvalue weighted by Crippen LogP contribution is 2.34. The van der Waals surface area contributed by atoms with E-state index in [0.29, 0.717) is 22.7 Å². The summed E-state index contributed by atoms with van der Waals surface area (Å²) in [5, 5.41) is 3.56. The monoisotopic (exact) mass is 367 g/mol. The normalized spacial score (nSPS) is 11.9. The van der Waals surface area contributed by atoms with E-state index in [9.17, 15) is 9.59 Å². The van der Waals surface area contributed by atoms with E-state index >= 15 is 0 Å². The minimum absolute atomic E-state index is 0.320. The van der Waals surface area contributed by atoms with Crippen LogP contribution >= 0.6 is 0 Å². The number of hydrogen-bond acceptors (Lipinski definition) is 6. The molecule has 1 heterocycles. The standard InChI is InChI=1S/C20H21N3O4/c1-12(21)20(25)22-15-10-13(8-9-18(15)26-3)23(2)16-11-19(24)27-17-7-5-4-6-14(16)17/h4-12H,21H2,1-3H3,(H,22,25)/t12-/m0/s1. The van der Waals surface area contributed by atoms with Crippen LogP contribution in [0.4, 0.5) is 17.1 Å². The second-order valence-electron chi connectivity index (χ2n) is 6.17. The quantitative estimate of drug-likeness (QED) is 0.673. The zero-order valence-electron chi connectivity index (χ0n) is 15.4. The summed E-state index contributed by atoms with van der Waals surface area (Å²) in [6.07, 6.45) is 0. The van der Waals surface area contributed by atoms with E-state index in [4.69, 9.17) is 14.9 Å². The molecule has 0 fully saturated rings. The Morgan fingerprint density at radius 1 is 1.22 bits per heavy atom. The van der Waals surface area contributed by atoms with Crippen molar-refractivity contribution in [3.05, 3.63) is 59.0 Å². The van der Waals surface area contributed by atoms with Crippen LogP contribution in [-0.4, -0.2) is 26.1 Å². The van der Waals surface area contributed by atoms with Gasteiger partial charge in [0.2, 0.25) is 5.91 Å². The van der Waals surface area contributed by atoms with Gasteiger partial charge in [-0.25, -0.2) is 4.79 Å². The number of carbonyl (C=O) groups excluding carboxylic acids is 1. The van der Waals surface area contributed by atoms with E-state index in [1.165, 1.54) is 13.2 Å². The Morgan fingerprint density at radius 2 is 1.96 bits per heavy atom. The summed E-state index contributed by atoms with van der Waals surface area (Å²) in [5.74, 6) is 0.192. The molecule has 7 nitrogen and oxygen atoms in total. The maximum Gasteiger partial charge on any atom is 0.338 e. The van der Waals surface area contributed by atoms with Gasteiger partial charge in [0.1, 0.15) is 11.3 Å². The van der Waals surface area contributed by atoms with Crippen LogP contribution in [0.3, 0.4) is 0 Å². The average molecular weight is 367 g/mol. The molecular weight excluding hydrogens is 346 g/mol. The number of ether oxygens (including phenoxy) is 1. The number of rotatable bonds is 5. The summed E-state index contributed by atoms with van der Waals surface area (Å²) < 4.78 is 10.6. The van der Waals surface area contributed by atoms with Crippen molar-refractivity contribution in [2.24, 2.45) is 5.73 Å². The van der Waals surface area contributed by atoms with Crippen LogP contribution in [-0.2, 0) is 4.79 Å². The highest BCUT2D eigenvalue weighted by Gasteiger charge is 2.15. The van der Waals surface area contributed by atoms with Crippen LogP contribution < -0.4 is 26.3 Å².